The van der Waals surface area contributed by atoms with E-state index in [1.165, 1.54) is 6.07 Å². The van der Waals surface area contributed by atoms with E-state index < -0.39 is 10.8 Å². The summed E-state index contributed by atoms with van der Waals surface area (Å²) >= 11 is 0. The van der Waals surface area contributed by atoms with Gasteiger partial charge in [-0.25, -0.2) is 0 Å². The van der Waals surface area contributed by atoms with Crippen molar-refractivity contribution in [1.82, 2.24) is 9.47 Å². The van der Waals surface area contributed by atoms with Crippen molar-refractivity contribution < 1.29 is 4.21 Å². The minimum atomic E-state index is -0.647. The van der Waals surface area contributed by atoms with E-state index in [0.717, 1.165) is 31.1 Å². The third-order valence-corrected chi connectivity index (χ3v) is 4.21. The molecule has 1 aromatic heterocycles. The summed E-state index contributed by atoms with van der Waals surface area (Å²) in [6.45, 7) is 3.14. The Labute approximate surface area is 103 Å². The number of nitrogen functional groups attached to an aromatic ring is 1. The van der Waals surface area contributed by atoms with E-state index >= 15 is 0 Å². The molecule has 0 atom stereocenters. The molecule has 0 bridgehead atoms. The molecule has 0 amide bonds. The number of anilines is 1. The maximum absolute atomic E-state index is 11.5. The first kappa shape index (κ1) is 12.3. The molecular formula is C11H17N3O2S. The Bertz CT molecular complexity index is 462. The van der Waals surface area contributed by atoms with Gasteiger partial charge < -0.3 is 10.3 Å². The highest BCUT2D eigenvalue weighted by Crippen LogP contribution is 2.01. The number of nitrogens with zero attached hydrogens (tertiary/aromatic N) is 2. The van der Waals surface area contributed by atoms with Gasteiger partial charge in [0, 0.05) is 66.4 Å². The Balaban J connectivity index is 1.91. The molecule has 1 fully saturated rings. The summed E-state index contributed by atoms with van der Waals surface area (Å²) < 4.78 is 12.8. The highest BCUT2D eigenvalue weighted by atomic mass is 32.2. The van der Waals surface area contributed by atoms with Crippen molar-refractivity contribution in [2.45, 2.75) is 6.54 Å². The third kappa shape index (κ3) is 3.41. The second kappa shape index (κ2) is 5.46. The lowest BCUT2D eigenvalue weighted by molar-refractivity contribution is 0.285. The molecule has 1 aliphatic heterocycles. The molecule has 5 nitrogen and oxygen atoms in total. The maximum Gasteiger partial charge on any atom is 0.250 e. The molecule has 2 heterocycles. The first-order chi connectivity index (χ1) is 8.15. The highest BCUT2D eigenvalue weighted by Gasteiger charge is 2.14. The van der Waals surface area contributed by atoms with Crippen LogP contribution in [0, 0.1) is 0 Å². The Morgan fingerprint density at radius 1 is 1.24 bits per heavy atom. The van der Waals surface area contributed by atoms with Crippen molar-refractivity contribution in [2.75, 3.05) is 36.9 Å². The molecule has 0 spiro atoms. The van der Waals surface area contributed by atoms with Gasteiger partial charge in [-0.05, 0) is 6.07 Å². The zero-order chi connectivity index (χ0) is 12.3. The molecule has 6 heteroatoms. The number of rotatable bonds is 3. The number of hydrogen-bond donors (Lipinski definition) is 1. The molecule has 94 valence electrons. The van der Waals surface area contributed by atoms with E-state index in [1.54, 1.807) is 16.8 Å². The molecule has 2 N–H and O–H groups in total. The van der Waals surface area contributed by atoms with E-state index in [9.17, 15) is 9.00 Å². The minimum absolute atomic E-state index is 0.0280. The SMILES string of the molecule is Nc1ccc(=O)n(CCN2CCS(=O)CC2)c1. The highest BCUT2D eigenvalue weighted by molar-refractivity contribution is 7.85. The molecule has 1 aromatic rings. The van der Waals surface area contributed by atoms with Gasteiger partial charge in [-0.1, -0.05) is 0 Å². The molecule has 17 heavy (non-hydrogen) atoms. The largest absolute Gasteiger partial charge is 0.398 e. The monoisotopic (exact) mass is 255 g/mol. The summed E-state index contributed by atoms with van der Waals surface area (Å²) in [7, 11) is -0.647. The molecule has 0 aliphatic carbocycles. The zero-order valence-electron chi connectivity index (χ0n) is 9.67. The van der Waals surface area contributed by atoms with Crippen LogP contribution in [-0.4, -0.2) is 44.8 Å². The van der Waals surface area contributed by atoms with Crippen molar-refractivity contribution in [3.8, 4) is 0 Å². The van der Waals surface area contributed by atoms with Crippen LogP contribution in [0.4, 0.5) is 5.69 Å². The Kier molecular flexibility index (Phi) is 3.96. The second-order valence-electron chi connectivity index (χ2n) is 4.18. The molecular weight excluding hydrogens is 238 g/mol. The predicted molar refractivity (Wildman–Crippen MR) is 69.4 cm³/mol. The van der Waals surface area contributed by atoms with Crippen molar-refractivity contribution in [3.05, 3.63) is 28.7 Å². The summed E-state index contributed by atoms with van der Waals surface area (Å²) in [5, 5.41) is 0. The van der Waals surface area contributed by atoms with Gasteiger partial charge in [0.25, 0.3) is 5.56 Å². The van der Waals surface area contributed by atoms with Crippen molar-refractivity contribution in [1.29, 1.82) is 0 Å². The molecule has 0 saturated carbocycles. The molecule has 0 aromatic carbocycles. The van der Waals surface area contributed by atoms with Crippen LogP contribution in [0.25, 0.3) is 0 Å². The Hall–Kier alpha value is -1.14. The van der Waals surface area contributed by atoms with Crippen molar-refractivity contribution in [2.24, 2.45) is 0 Å². The van der Waals surface area contributed by atoms with Crippen molar-refractivity contribution >= 4 is 16.5 Å². The van der Waals surface area contributed by atoms with E-state index in [0.29, 0.717) is 12.2 Å². The van der Waals surface area contributed by atoms with Crippen LogP contribution in [0.1, 0.15) is 0 Å². The quantitative estimate of drug-likeness (QED) is 0.790. The van der Waals surface area contributed by atoms with Crippen LogP contribution in [0.15, 0.2) is 23.1 Å². The number of aromatic nitrogens is 1. The van der Waals surface area contributed by atoms with Crippen LogP contribution in [0.2, 0.25) is 0 Å². The third-order valence-electron chi connectivity index (χ3n) is 2.93. The molecule has 0 unspecified atom stereocenters. The standard InChI is InChI=1S/C11H17N3O2S/c12-10-1-2-11(15)14(9-10)4-3-13-5-7-17(16)8-6-13/h1-2,9H,3-8,12H2. The van der Waals surface area contributed by atoms with Gasteiger partial charge in [-0.2, -0.15) is 0 Å². The van der Waals surface area contributed by atoms with E-state index in [2.05, 4.69) is 4.90 Å². The molecule has 1 saturated heterocycles. The topological polar surface area (TPSA) is 68.3 Å². The fourth-order valence-corrected chi connectivity index (χ4v) is 3.00. The molecule has 2 rings (SSSR count). The Morgan fingerprint density at radius 3 is 2.65 bits per heavy atom. The molecule has 0 radical (unpaired) electrons. The smallest absolute Gasteiger partial charge is 0.250 e. The van der Waals surface area contributed by atoms with Crippen molar-refractivity contribution in [3.63, 3.8) is 0 Å². The van der Waals surface area contributed by atoms with Gasteiger partial charge >= 0.3 is 0 Å². The summed E-state index contributed by atoms with van der Waals surface area (Å²) in [6, 6.07) is 3.10. The lowest BCUT2D eigenvalue weighted by Gasteiger charge is -2.26. The second-order valence-corrected chi connectivity index (χ2v) is 5.88. The average Bonchev–Trinajstić information content (AvgIpc) is 2.32. The van der Waals surface area contributed by atoms with Crippen LogP contribution in [0.3, 0.4) is 0 Å². The minimum Gasteiger partial charge on any atom is -0.398 e. The van der Waals surface area contributed by atoms with Gasteiger partial charge in [0.2, 0.25) is 0 Å². The van der Waals surface area contributed by atoms with Gasteiger partial charge in [0.1, 0.15) is 0 Å². The molecule has 1 aliphatic rings. The first-order valence-electron chi connectivity index (χ1n) is 5.68. The summed E-state index contributed by atoms with van der Waals surface area (Å²) in [5.41, 5.74) is 6.21. The van der Waals surface area contributed by atoms with E-state index in [4.69, 9.17) is 5.73 Å². The fraction of sp³-hybridized carbons (Fsp3) is 0.545. The lowest BCUT2D eigenvalue weighted by Crippen LogP contribution is -2.40. The van der Waals surface area contributed by atoms with Crippen LogP contribution < -0.4 is 11.3 Å². The fourth-order valence-electron chi connectivity index (χ4n) is 1.87. The average molecular weight is 255 g/mol. The number of hydrogen-bond acceptors (Lipinski definition) is 4. The number of nitrogens with two attached hydrogens (primary N) is 1. The van der Waals surface area contributed by atoms with Crippen LogP contribution in [-0.2, 0) is 17.3 Å². The van der Waals surface area contributed by atoms with Crippen LogP contribution in [0.5, 0.6) is 0 Å². The van der Waals surface area contributed by atoms with Gasteiger partial charge in [-0.15, -0.1) is 0 Å². The predicted octanol–water partition coefficient (Wildman–Crippen LogP) is -0.505. The summed E-state index contributed by atoms with van der Waals surface area (Å²) in [4.78, 5) is 13.8. The normalized spacial score (nSPS) is 18.4. The van der Waals surface area contributed by atoms with Gasteiger partial charge in [0.05, 0.1) is 0 Å². The van der Waals surface area contributed by atoms with E-state index in [1.807, 2.05) is 0 Å². The van der Waals surface area contributed by atoms with Gasteiger partial charge in [-0.3, -0.25) is 13.9 Å². The summed E-state index contributed by atoms with van der Waals surface area (Å²) in [6.07, 6.45) is 1.67. The first-order valence-corrected chi connectivity index (χ1v) is 7.17. The zero-order valence-corrected chi connectivity index (χ0v) is 10.5. The van der Waals surface area contributed by atoms with Crippen LogP contribution >= 0.6 is 0 Å². The maximum atomic E-state index is 11.5. The van der Waals surface area contributed by atoms with Gasteiger partial charge in [0.15, 0.2) is 0 Å². The number of pyridine rings is 1. The lowest BCUT2D eigenvalue weighted by atomic mass is 10.4. The Morgan fingerprint density at radius 2 is 1.94 bits per heavy atom. The van der Waals surface area contributed by atoms with E-state index in [-0.39, 0.29) is 5.56 Å². The summed E-state index contributed by atoms with van der Waals surface area (Å²) in [5.74, 6) is 1.48.